The van der Waals surface area contributed by atoms with Crippen LogP contribution in [-0.4, -0.2) is 156 Å². The molecule has 0 saturated carbocycles. The van der Waals surface area contributed by atoms with Crippen LogP contribution in [0.5, 0.6) is 5.75 Å². The molecule has 1 unspecified atom stereocenters. The van der Waals surface area contributed by atoms with Crippen molar-refractivity contribution in [1.29, 1.82) is 0 Å². The molecule has 4 amide bonds. The fourth-order valence-electron chi connectivity index (χ4n) is 9.92. The average Bonchev–Trinajstić information content (AvgIpc) is 4.05. The van der Waals surface area contributed by atoms with Crippen LogP contribution in [0.15, 0.2) is 54.7 Å². The summed E-state index contributed by atoms with van der Waals surface area (Å²) in [5.74, 6) is -2.58. The van der Waals surface area contributed by atoms with E-state index >= 15 is 0 Å². The van der Waals surface area contributed by atoms with Gasteiger partial charge in [-0.15, -0.1) is 0 Å². The van der Waals surface area contributed by atoms with E-state index in [1.165, 1.54) is 21.9 Å². The summed E-state index contributed by atoms with van der Waals surface area (Å²) in [5, 5.41) is 16.7. The number of nitrogens with one attached hydrogen (secondary N) is 2. The van der Waals surface area contributed by atoms with Gasteiger partial charge in [-0.2, -0.15) is 0 Å². The molecule has 6 atom stereocenters. The quantitative estimate of drug-likeness (QED) is 0.117. The topological polar surface area (TPSA) is 188 Å². The third-order valence-corrected chi connectivity index (χ3v) is 13.7. The minimum Gasteiger partial charge on any atom is -0.508 e. The maximum absolute atomic E-state index is 14.7. The molecule has 17 nitrogen and oxygen atoms in total. The van der Waals surface area contributed by atoms with Crippen LogP contribution in [0.4, 0.5) is 0 Å². The maximum Gasteiger partial charge on any atom is 0.324 e. The number of phenols is 1. The molecule has 6 bridgehead atoms. The molecule has 7 rings (SSSR count). The molecule has 0 aliphatic carbocycles. The number of aromatic nitrogens is 2. The number of fused-ring (bicyclic) bond motifs is 6. The molecule has 3 N–H and O–H groups in total. The van der Waals surface area contributed by atoms with Crippen LogP contribution in [0.25, 0.3) is 33.3 Å². The molecule has 2 aromatic heterocycles. The standard InChI is InChI=1S/C52H70N8O9/c1-11-59-42-17-16-34-26-38(42)39(47(59)37-14-12-18-53-45(37)32(4)68-10)27-52(5,6)30-69-51(66)40-15-13-19-60(55-40)49(64)41(24-33-22-35(34)25-36(61)23-33)54-48(63)46(31(2)3)57(8)44(62)29-56(7)50(65)43-28-58(43)20-21-67-9/h12,14,16-18,22-23,25-26,31-32,40-41,43,46,55,61H,11,13,15,19-21,24,27-30H2,1-10H3,(H,54,63)/t32-,40-,41-,43-,46-,58?/m0/s1. The summed E-state index contributed by atoms with van der Waals surface area (Å²) in [7, 11) is 6.37. The number of hydrogen-bond acceptors (Lipinski definition) is 12. The predicted octanol–water partition coefficient (Wildman–Crippen LogP) is 4.72. The lowest BCUT2D eigenvalue weighted by molar-refractivity contribution is -0.155. The number of rotatable bonds is 14. The first kappa shape index (κ1) is 51.0. The SMILES string of the molecule is CCn1c(-c2cccnc2[C@H](C)OC)c2c3cc(ccc31)-c1cc(O)cc(c1)C[C@H](NC(=O)[C@H](C(C)C)N(C)C(=O)CN(C)C(=O)[C@@H]1CN1CCOC)C(=O)N1CCC[C@H](N1)C(=O)OCC(C)(C)C2. The Morgan fingerprint density at radius 3 is 2.54 bits per heavy atom. The zero-order chi connectivity index (χ0) is 49.9. The number of benzene rings is 2. The number of hydrazine groups is 1. The lowest BCUT2D eigenvalue weighted by Gasteiger charge is -2.37. The summed E-state index contributed by atoms with van der Waals surface area (Å²) in [4.78, 5) is 79.7. The second kappa shape index (κ2) is 21.4. The molecule has 0 spiro atoms. The lowest BCUT2D eigenvalue weighted by atomic mass is 9.84. The van der Waals surface area contributed by atoms with Crippen molar-refractivity contribution >= 4 is 40.5 Å². The maximum atomic E-state index is 14.7. The number of likely N-dealkylation sites (N-methyl/N-ethyl adjacent to an activating group) is 2. The van der Waals surface area contributed by atoms with E-state index in [4.69, 9.17) is 19.2 Å². The van der Waals surface area contributed by atoms with Gasteiger partial charge in [0.25, 0.3) is 5.91 Å². The summed E-state index contributed by atoms with van der Waals surface area (Å²) >= 11 is 0. The van der Waals surface area contributed by atoms with Gasteiger partial charge in [-0.25, -0.2) is 5.43 Å². The number of ether oxygens (including phenoxy) is 3. The van der Waals surface area contributed by atoms with Gasteiger partial charge in [0.1, 0.15) is 29.9 Å². The number of esters is 1. The minimum absolute atomic E-state index is 0.0211. The van der Waals surface area contributed by atoms with E-state index in [0.717, 1.165) is 39.0 Å². The van der Waals surface area contributed by atoms with E-state index in [1.54, 1.807) is 39.6 Å². The molecule has 3 aliphatic rings. The van der Waals surface area contributed by atoms with Crippen LogP contribution < -0.4 is 10.7 Å². The molecule has 0 radical (unpaired) electrons. The third kappa shape index (κ3) is 11.3. The zero-order valence-corrected chi connectivity index (χ0v) is 41.8. The molecule has 69 heavy (non-hydrogen) atoms. The Labute approximate surface area is 405 Å². The largest absolute Gasteiger partial charge is 0.508 e. The summed E-state index contributed by atoms with van der Waals surface area (Å²) in [5.41, 5.74) is 9.47. The number of hydrogen-bond donors (Lipinski definition) is 3. The highest BCUT2D eigenvalue weighted by Crippen LogP contribution is 2.42. The summed E-state index contributed by atoms with van der Waals surface area (Å²) in [6, 6.07) is 12.1. The van der Waals surface area contributed by atoms with Crippen molar-refractivity contribution in [3.63, 3.8) is 0 Å². The van der Waals surface area contributed by atoms with Gasteiger partial charge < -0.3 is 39.0 Å². The number of cyclic esters (lactones) is 1. The molecule has 2 fully saturated rings. The fraction of sp³-hybridized carbons (Fsp3) is 0.538. The zero-order valence-electron chi connectivity index (χ0n) is 41.8. The Kier molecular flexibility index (Phi) is 15.8. The van der Waals surface area contributed by atoms with Gasteiger partial charge in [-0.1, -0.05) is 39.8 Å². The van der Waals surface area contributed by atoms with Crippen LogP contribution in [0.2, 0.25) is 0 Å². The van der Waals surface area contributed by atoms with Crippen LogP contribution in [0, 0.1) is 11.3 Å². The minimum atomic E-state index is -1.19. The second-order valence-corrected chi connectivity index (χ2v) is 19.9. The second-order valence-electron chi connectivity index (χ2n) is 19.9. The first-order valence-electron chi connectivity index (χ1n) is 24.1. The van der Waals surface area contributed by atoms with Gasteiger partial charge in [-0.05, 0) is 97.7 Å². The van der Waals surface area contributed by atoms with Crippen molar-refractivity contribution in [2.45, 2.75) is 104 Å². The lowest BCUT2D eigenvalue weighted by Crippen LogP contribution is -2.62. The number of aryl methyl sites for hydroxylation is 1. The Bertz CT molecular complexity index is 2560. The van der Waals surface area contributed by atoms with Gasteiger partial charge in [0.05, 0.1) is 37.3 Å². The van der Waals surface area contributed by atoms with Gasteiger partial charge in [0.15, 0.2) is 0 Å². The number of methoxy groups -OCH3 is 2. The molecule has 2 saturated heterocycles. The Morgan fingerprint density at radius 1 is 1.06 bits per heavy atom. The van der Waals surface area contributed by atoms with E-state index in [-0.39, 0.29) is 55.8 Å². The molecule has 5 heterocycles. The third-order valence-electron chi connectivity index (χ3n) is 13.7. The number of aromatic hydroxyl groups is 1. The van der Waals surface area contributed by atoms with Gasteiger partial charge in [0.2, 0.25) is 17.7 Å². The predicted molar refractivity (Wildman–Crippen MR) is 262 cm³/mol. The number of nitrogens with zero attached hydrogens (tertiary/aromatic N) is 6. The highest BCUT2D eigenvalue weighted by Gasteiger charge is 2.43. The first-order chi connectivity index (χ1) is 32.9. The molecular formula is C52H70N8O9. The summed E-state index contributed by atoms with van der Waals surface area (Å²) in [6.45, 7) is 14.3. The highest BCUT2D eigenvalue weighted by molar-refractivity contribution is 5.96. The fourth-order valence-corrected chi connectivity index (χ4v) is 9.92. The van der Waals surface area contributed by atoms with Crippen molar-refractivity contribution in [1.82, 2.24) is 40.0 Å². The number of carbonyl (C=O) groups is 5. The van der Waals surface area contributed by atoms with Crippen LogP contribution in [-0.2, 0) is 57.6 Å². The Morgan fingerprint density at radius 2 is 1.83 bits per heavy atom. The molecule has 2 aromatic carbocycles. The summed E-state index contributed by atoms with van der Waals surface area (Å²) in [6.07, 6.45) is 2.92. The van der Waals surface area contributed by atoms with Crippen LogP contribution >= 0.6 is 0 Å². The van der Waals surface area contributed by atoms with Gasteiger partial charge in [-0.3, -0.25) is 38.9 Å². The molecule has 372 valence electrons. The van der Waals surface area contributed by atoms with E-state index in [2.05, 4.69) is 54.3 Å². The highest BCUT2D eigenvalue weighted by atomic mass is 16.5. The molecule has 17 heteroatoms. The van der Waals surface area contributed by atoms with Crippen molar-refractivity contribution < 1.29 is 43.3 Å². The molecule has 3 aliphatic heterocycles. The van der Waals surface area contributed by atoms with Crippen LogP contribution in [0.1, 0.15) is 77.3 Å². The van der Waals surface area contributed by atoms with Crippen molar-refractivity contribution in [3.05, 3.63) is 71.5 Å². The van der Waals surface area contributed by atoms with Crippen molar-refractivity contribution in [2.24, 2.45) is 11.3 Å². The number of phenolic OH excluding ortho intramolecular Hbond substituents is 1. The van der Waals surface area contributed by atoms with Gasteiger partial charge in [0, 0.05) is 89.0 Å². The van der Waals surface area contributed by atoms with Crippen molar-refractivity contribution in [3.8, 4) is 28.1 Å². The van der Waals surface area contributed by atoms with E-state index < -0.39 is 47.2 Å². The van der Waals surface area contributed by atoms with Gasteiger partial charge >= 0.3 is 5.97 Å². The Balaban J connectivity index is 1.26. The number of carbonyl (C=O) groups excluding carboxylic acids is 5. The monoisotopic (exact) mass is 951 g/mol. The summed E-state index contributed by atoms with van der Waals surface area (Å²) < 4.78 is 19.3. The average molecular weight is 951 g/mol. The molecule has 4 aromatic rings. The Hall–Kier alpha value is -5.88. The van der Waals surface area contributed by atoms with E-state index in [0.29, 0.717) is 56.6 Å². The van der Waals surface area contributed by atoms with Crippen molar-refractivity contribution in [2.75, 3.05) is 67.7 Å². The normalized spacial score (nSPS) is 21.3. The van der Waals surface area contributed by atoms with Crippen LogP contribution in [0.3, 0.4) is 0 Å². The smallest absolute Gasteiger partial charge is 0.324 e. The number of pyridine rings is 1. The molecular weight excluding hydrogens is 881 g/mol. The first-order valence-corrected chi connectivity index (χ1v) is 24.1. The van der Waals surface area contributed by atoms with E-state index in [9.17, 15) is 29.1 Å². The van der Waals surface area contributed by atoms with E-state index in [1.807, 2.05) is 43.9 Å². The number of amides is 4.